The number of hydrogen-bond acceptors (Lipinski definition) is 3. The van der Waals surface area contributed by atoms with E-state index in [1.165, 1.54) is 12.8 Å². The Hall–Kier alpha value is -0.0900. The van der Waals surface area contributed by atoms with Crippen LogP contribution < -0.4 is 5.32 Å². The first-order valence-corrected chi connectivity index (χ1v) is 7.19. The van der Waals surface area contributed by atoms with E-state index in [0.717, 1.165) is 19.4 Å². The molecule has 0 aromatic carbocycles. The summed E-state index contributed by atoms with van der Waals surface area (Å²) >= 11 is 0. The highest BCUT2D eigenvalue weighted by atomic mass is 32.2. The Morgan fingerprint density at radius 1 is 1.36 bits per heavy atom. The van der Waals surface area contributed by atoms with Gasteiger partial charge in [-0.25, -0.2) is 8.42 Å². The first-order valence-electron chi connectivity index (χ1n) is 5.47. The minimum atomic E-state index is -2.84. The molecule has 3 nitrogen and oxygen atoms in total. The summed E-state index contributed by atoms with van der Waals surface area (Å²) in [6.07, 6.45) is 4.38. The van der Waals surface area contributed by atoms with Crippen molar-refractivity contribution in [2.75, 3.05) is 12.3 Å². The number of sulfone groups is 1. The van der Waals surface area contributed by atoms with Crippen LogP contribution in [-0.4, -0.2) is 32.0 Å². The normalized spacial score (nSPS) is 24.1. The zero-order valence-corrected chi connectivity index (χ0v) is 9.94. The first kappa shape index (κ1) is 12.0. The molecule has 0 amide bonds. The summed E-state index contributed by atoms with van der Waals surface area (Å²) < 4.78 is 23.1. The molecule has 1 atom stereocenters. The quantitative estimate of drug-likeness (QED) is 0.776. The summed E-state index contributed by atoms with van der Waals surface area (Å²) in [6.45, 7) is 4.56. The minimum Gasteiger partial charge on any atom is -0.314 e. The van der Waals surface area contributed by atoms with Crippen LogP contribution >= 0.6 is 0 Å². The lowest BCUT2D eigenvalue weighted by atomic mass is 10.0. The third-order valence-electron chi connectivity index (χ3n) is 2.88. The molecule has 0 spiro atoms. The lowest BCUT2D eigenvalue weighted by Gasteiger charge is -2.23. The highest BCUT2D eigenvalue weighted by Gasteiger charge is 2.19. The van der Waals surface area contributed by atoms with E-state index in [2.05, 4.69) is 5.32 Å². The molecule has 0 saturated carbocycles. The van der Waals surface area contributed by atoms with Crippen molar-refractivity contribution < 1.29 is 8.42 Å². The van der Waals surface area contributed by atoms with E-state index < -0.39 is 9.84 Å². The Balaban J connectivity index is 2.32. The van der Waals surface area contributed by atoms with Gasteiger partial charge in [0.1, 0.15) is 0 Å². The molecule has 0 aromatic heterocycles. The van der Waals surface area contributed by atoms with Crippen LogP contribution in [0.3, 0.4) is 0 Å². The van der Waals surface area contributed by atoms with Crippen LogP contribution in [0.2, 0.25) is 0 Å². The molecule has 1 N–H and O–H groups in total. The maximum absolute atomic E-state index is 11.5. The molecule has 4 heteroatoms. The highest BCUT2D eigenvalue weighted by molar-refractivity contribution is 7.91. The standard InChI is InChI=1S/C10H21NO2S/c1-9(2)14(12,13)8-6-10-5-3-4-7-11-10/h9-11H,3-8H2,1-2H3/t10-/m1/s1. The van der Waals surface area contributed by atoms with Gasteiger partial charge in [0.15, 0.2) is 9.84 Å². The third-order valence-corrected chi connectivity index (χ3v) is 5.12. The summed E-state index contributed by atoms with van der Waals surface area (Å²) in [6, 6.07) is 0.428. The molecule has 0 unspecified atom stereocenters. The average Bonchev–Trinajstić information content (AvgIpc) is 2.16. The van der Waals surface area contributed by atoms with Gasteiger partial charge in [-0.3, -0.25) is 0 Å². The SMILES string of the molecule is CC(C)S(=O)(=O)CC[C@H]1CCCCN1. The van der Waals surface area contributed by atoms with Crippen molar-refractivity contribution in [2.45, 2.75) is 50.8 Å². The van der Waals surface area contributed by atoms with E-state index in [-0.39, 0.29) is 5.25 Å². The molecule has 14 heavy (non-hydrogen) atoms. The Morgan fingerprint density at radius 2 is 2.07 bits per heavy atom. The van der Waals surface area contributed by atoms with E-state index in [9.17, 15) is 8.42 Å². The van der Waals surface area contributed by atoms with Gasteiger partial charge in [-0.05, 0) is 39.7 Å². The highest BCUT2D eigenvalue weighted by Crippen LogP contribution is 2.12. The molecule has 84 valence electrons. The number of rotatable bonds is 4. The number of nitrogens with one attached hydrogen (secondary N) is 1. The molecule has 1 rings (SSSR count). The van der Waals surface area contributed by atoms with Crippen LogP contribution in [0.1, 0.15) is 39.5 Å². The van der Waals surface area contributed by atoms with E-state index in [1.54, 1.807) is 13.8 Å². The molecule has 0 radical (unpaired) electrons. The van der Waals surface area contributed by atoms with Gasteiger partial charge in [-0.1, -0.05) is 6.42 Å². The fourth-order valence-corrected chi connectivity index (χ4v) is 2.80. The largest absolute Gasteiger partial charge is 0.314 e. The smallest absolute Gasteiger partial charge is 0.152 e. The molecule has 1 fully saturated rings. The van der Waals surface area contributed by atoms with E-state index in [0.29, 0.717) is 11.8 Å². The Bertz CT molecular complexity index is 253. The summed E-state index contributed by atoms with van der Waals surface area (Å²) in [5.41, 5.74) is 0. The van der Waals surface area contributed by atoms with Crippen molar-refractivity contribution in [3.8, 4) is 0 Å². The molecule has 0 bridgehead atoms. The maximum Gasteiger partial charge on any atom is 0.152 e. The molecular weight excluding hydrogens is 198 g/mol. The van der Waals surface area contributed by atoms with Crippen molar-refractivity contribution in [3.63, 3.8) is 0 Å². The predicted octanol–water partition coefficient (Wildman–Crippen LogP) is 1.34. The van der Waals surface area contributed by atoms with Crippen molar-refractivity contribution in [1.82, 2.24) is 5.32 Å². The van der Waals surface area contributed by atoms with Gasteiger partial charge in [0.25, 0.3) is 0 Å². The number of hydrogen-bond donors (Lipinski definition) is 1. The fraction of sp³-hybridized carbons (Fsp3) is 1.00. The van der Waals surface area contributed by atoms with E-state index in [4.69, 9.17) is 0 Å². The summed E-state index contributed by atoms with van der Waals surface area (Å²) in [7, 11) is -2.84. The average molecular weight is 219 g/mol. The molecule has 0 aromatic rings. The summed E-state index contributed by atoms with van der Waals surface area (Å²) in [4.78, 5) is 0. The second-order valence-corrected chi connectivity index (χ2v) is 7.03. The fourth-order valence-electron chi connectivity index (χ4n) is 1.71. The zero-order chi connectivity index (χ0) is 10.6. The van der Waals surface area contributed by atoms with Crippen LogP contribution in [0.15, 0.2) is 0 Å². The zero-order valence-electron chi connectivity index (χ0n) is 9.12. The van der Waals surface area contributed by atoms with Gasteiger partial charge in [-0.2, -0.15) is 0 Å². The lowest BCUT2D eigenvalue weighted by Crippen LogP contribution is -2.36. The molecular formula is C10H21NO2S. The third kappa shape index (κ3) is 3.58. The molecule has 1 aliphatic heterocycles. The van der Waals surface area contributed by atoms with Crippen molar-refractivity contribution in [3.05, 3.63) is 0 Å². The Morgan fingerprint density at radius 3 is 2.57 bits per heavy atom. The van der Waals surface area contributed by atoms with Crippen LogP contribution in [-0.2, 0) is 9.84 Å². The topological polar surface area (TPSA) is 46.2 Å². The molecule has 1 heterocycles. The van der Waals surface area contributed by atoms with E-state index in [1.807, 2.05) is 0 Å². The second-order valence-electron chi connectivity index (χ2n) is 4.35. The van der Waals surface area contributed by atoms with Crippen LogP contribution in [0.5, 0.6) is 0 Å². The molecule has 1 aliphatic rings. The van der Waals surface area contributed by atoms with Gasteiger partial charge in [0, 0.05) is 6.04 Å². The van der Waals surface area contributed by atoms with Crippen molar-refractivity contribution in [1.29, 1.82) is 0 Å². The van der Waals surface area contributed by atoms with Gasteiger partial charge >= 0.3 is 0 Å². The summed E-state index contributed by atoms with van der Waals surface area (Å²) in [5.74, 6) is 0.336. The van der Waals surface area contributed by atoms with Crippen molar-refractivity contribution >= 4 is 9.84 Å². The maximum atomic E-state index is 11.5. The summed E-state index contributed by atoms with van der Waals surface area (Å²) in [5, 5.41) is 3.14. The predicted molar refractivity (Wildman–Crippen MR) is 59.2 cm³/mol. The van der Waals surface area contributed by atoms with Crippen LogP contribution in [0.25, 0.3) is 0 Å². The van der Waals surface area contributed by atoms with Gasteiger partial charge in [-0.15, -0.1) is 0 Å². The van der Waals surface area contributed by atoms with Gasteiger partial charge in [0.05, 0.1) is 11.0 Å². The number of piperidine rings is 1. The first-order chi connectivity index (χ1) is 6.52. The monoisotopic (exact) mass is 219 g/mol. The molecule has 1 saturated heterocycles. The Labute approximate surface area is 87.2 Å². The Kier molecular flexibility index (Phi) is 4.38. The lowest BCUT2D eigenvalue weighted by molar-refractivity contribution is 0.392. The minimum absolute atomic E-state index is 0.230. The second kappa shape index (κ2) is 5.12. The van der Waals surface area contributed by atoms with Crippen LogP contribution in [0.4, 0.5) is 0 Å². The van der Waals surface area contributed by atoms with Crippen molar-refractivity contribution in [2.24, 2.45) is 0 Å². The van der Waals surface area contributed by atoms with Crippen LogP contribution in [0, 0.1) is 0 Å². The van der Waals surface area contributed by atoms with E-state index >= 15 is 0 Å². The molecule has 0 aliphatic carbocycles. The van der Waals surface area contributed by atoms with Gasteiger partial charge < -0.3 is 5.32 Å². The van der Waals surface area contributed by atoms with Gasteiger partial charge in [0.2, 0.25) is 0 Å².